The summed E-state index contributed by atoms with van der Waals surface area (Å²) in [6, 6.07) is 11.2. The van der Waals surface area contributed by atoms with Crippen LogP contribution in [-0.4, -0.2) is 65.8 Å². The van der Waals surface area contributed by atoms with Gasteiger partial charge in [-0.2, -0.15) is 0 Å². The van der Waals surface area contributed by atoms with Crippen LogP contribution in [0.15, 0.2) is 42.5 Å². The summed E-state index contributed by atoms with van der Waals surface area (Å²) in [4.78, 5) is 66.3. The van der Waals surface area contributed by atoms with Gasteiger partial charge in [-0.25, -0.2) is 4.79 Å². The number of ether oxygens (including phenoxy) is 1. The van der Waals surface area contributed by atoms with Gasteiger partial charge in [-0.1, -0.05) is 17.9 Å². The molecule has 3 fully saturated rings. The third kappa shape index (κ3) is 5.09. The Hall–Kier alpha value is -4.85. The minimum Gasteiger partial charge on any atom is -0.497 e. The lowest BCUT2D eigenvalue weighted by atomic mass is 9.95. The number of urea groups is 1. The van der Waals surface area contributed by atoms with Gasteiger partial charge in [-0.15, -0.1) is 0 Å². The Bertz CT molecular complexity index is 1520. The average molecular weight is 556 g/mol. The summed E-state index contributed by atoms with van der Waals surface area (Å²) in [6.45, 7) is 0.576. The number of anilines is 1. The lowest BCUT2D eigenvalue weighted by molar-refractivity contribution is -0.124. The summed E-state index contributed by atoms with van der Waals surface area (Å²) in [7, 11) is 1.54. The Balaban J connectivity index is 1.17. The maximum atomic E-state index is 13.0. The fraction of sp³-hybridized carbons (Fsp3) is 0.367. The molecule has 41 heavy (non-hydrogen) atoms. The van der Waals surface area contributed by atoms with Crippen molar-refractivity contribution in [2.24, 2.45) is 0 Å². The quantitative estimate of drug-likeness (QED) is 0.349. The molecule has 0 spiro atoms. The first-order valence-electron chi connectivity index (χ1n) is 13.6. The van der Waals surface area contributed by atoms with E-state index in [9.17, 15) is 24.0 Å². The van der Waals surface area contributed by atoms with Crippen molar-refractivity contribution in [2.45, 2.75) is 56.3 Å². The lowest BCUT2D eigenvalue weighted by Gasteiger charge is -2.24. The highest BCUT2D eigenvalue weighted by Gasteiger charge is 2.46. The monoisotopic (exact) mass is 555 g/mol. The largest absolute Gasteiger partial charge is 0.497 e. The molecule has 11 heteroatoms. The molecule has 11 nitrogen and oxygen atoms in total. The van der Waals surface area contributed by atoms with Crippen molar-refractivity contribution in [3.8, 4) is 17.6 Å². The summed E-state index contributed by atoms with van der Waals surface area (Å²) in [5, 5.41) is 7.87. The summed E-state index contributed by atoms with van der Waals surface area (Å²) >= 11 is 0. The predicted octanol–water partition coefficient (Wildman–Crippen LogP) is 1.44. The van der Waals surface area contributed by atoms with Gasteiger partial charge in [-0.05, 0) is 61.2 Å². The number of hydrogen-bond acceptors (Lipinski definition) is 6. The summed E-state index contributed by atoms with van der Waals surface area (Å²) in [5.74, 6) is 5.48. The zero-order chi connectivity index (χ0) is 28.7. The van der Waals surface area contributed by atoms with Gasteiger partial charge in [0.25, 0.3) is 11.8 Å². The highest BCUT2D eigenvalue weighted by molar-refractivity contribution is 6.09. The van der Waals surface area contributed by atoms with Gasteiger partial charge in [0.2, 0.25) is 11.8 Å². The number of hydrogen-bond donors (Lipinski definition) is 3. The number of methoxy groups -OCH3 is 1. The van der Waals surface area contributed by atoms with Gasteiger partial charge in [0, 0.05) is 48.8 Å². The lowest BCUT2D eigenvalue weighted by Crippen LogP contribution is -2.48. The average Bonchev–Trinajstić information content (AvgIpc) is 3.51. The number of nitrogens with one attached hydrogen (secondary N) is 3. The Morgan fingerprint density at radius 1 is 1.10 bits per heavy atom. The summed E-state index contributed by atoms with van der Waals surface area (Å²) in [6.07, 6.45) is 2.80. The molecular formula is C30H29N5O6. The van der Waals surface area contributed by atoms with Crippen LogP contribution < -0.4 is 25.6 Å². The number of nitrogens with zero attached hydrogens (tertiary/aromatic N) is 2. The molecule has 1 saturated carbocycles. The summed E-state index contributed by atoms with van der Waals surface area (Å²) in [5.41, 5.74) is 1.05. The molecule has 4 aliphatic rings. The van der Waals surface area contributed by atoms with E-state index >= 15 is 0 Å². The van der Waals surface area contributed by atoms with E-state index < -0.39 is 23.5 Å². The van der Waals surface area contributed by atoms with Gasteiger partial charge >= 0.3 is 6.03 Å². The van der Waals surface area contributed by atoms with Gasteiger partial charge in [0.1, 0.15) is 11.8 Å². The van der Waals surface area contributed by atoms with Crippen LogP contribution in [-0.2, 0) is 20.9 Å². The molecular weight excluding hydrogens is 526 g/mol. The fourth-order valence-electron chi connectivity index (χ4n) is 5.43. The van der Waals surface area contributed by atoms with E-state index in [1.807, 2.05) is 6.07 Å². The molecule has 2 atom stereocenters. The molecule has 6 rings (SSSR count). The predicted molar refractivity (Wildman–Crippen MR) is 147 cm³/mol. The van der Waals surface area contributed by atoms with E-state index in [2.05, 4.69) is 27.8 Å². The number of carbonyl (C=O) groups excluding carboxylic acids is 5. The maximum Gasteiger partial charge on any atom is 0.323 e. The van der Waals surface area contributed by atoms with Crippen molar-refractivity contribution in [3.05, 3.63) is 59.2 Å². The smallest absolute Gasteiger partial charge is 0.323 e. The van der Waals surface area contributed by atoms with Crippen LogP contribution in [0.25, 0.3) is 0 Å². The SMILES string of the molecule is COc1ccc2c(c1)C(=O)N(CCC1(C#Cc3ccc(N4C(=O)CCC4C(=O)NC4CC4)cc3)NC(=O)NC1=O)C2. The van der Waals surface area contributed by atoms with Gasteiger partial charge < -0.3 is 20.3 Å². The van der Waals surface area contributed by atoms with E-state index in [0.717, 1.165) is 18.4 Å². The number of benzene rings is 2. The second kappa shape index (κ2) is 10.3. The Morgan fingerprint density at radius 3 is 2.56 bits per heavy atom. The molecule has 6 amide bonds. The van der Waals surface area contributed by atoms with Crippen LogP contribution in [0.5, 0.6) is 5.75 Å². The van der Waals surface area contributed by atoms with Crippen LogP contribution in [0, 0.1) is 11.8 Å². The standard InChI is InChI=1S/C30H29N5O6/c1-41-22-9-4-19-17-34(27(38)23(19)16-22)15-14-30(28(39)32-29(40)33-30)13-12-18-2-7-21(8-3-18)35-24(10-11-25(35)36)26(37)31-20-5-6-20/h2-4,7-9,16,20,24H,5-6,10-11,14-15,17H2,1H3,(H,31,37)(H2,32,33,39,40). The van der Waals surface area contributed by atoms with Crippen LogP contribution in [0.4, 0.5) is 10.5 Å². The maximum absolute atomic E-state index is 13.0. The van der Waals surface area contributed by atoms with Crippen molar-refractivity contribution in [2.75, 3.05) is 18.6 Å². The minimum atomic E-state index is -1.51. The first-order chi connectivity index (χ1) is 19.8. The molecule has 0 aromatic heterocycles. The Labute approximate surface area is 236 Å². The number of amides is 6. The van der Waals surface area contributed by atoms with E-state index in [0.29, 0.717) is 42.0 Å². The van der Waals surface area contributed by atoms with Crippen molar-refractivity contribution in [1.82, 2.24) is 20.9 Å². The fourth-order valence-corrected chi connectivity index (χ4v) is 5.43. The van der Waals surface area contributed by atoms with Gasteiger partial charge in [0.05, 0.1) is 7.11 Å². The van der Waals surface area contributed by atoms with Crippen LogP contribution in [0.1, 0.15) is 53.6 Å². The van der Waals surface area contributed by atoms with Gasteiger partial charge in [-0.3, -0.25) is 29.4 Å². The highest BCUT2D eigenvalue weighted by Crippen LogP contribution is 2.30. The van der Waals surface area contributed by atoms with Crippen LogP contribution >= 0.6 is 0 Å². The molecule has 3 heterocycles. The molecule has 210 valence electrons. The number of imide groups is 1. The second-order valence-electron chi connectivity index (χ2n) is 10.7. The summed E-state index contributed by atoms with van der Waals surface area (Å²) < 4.78 is 5.23. The van der Waals surface area contributed by atoms with E-state index in [1.54, 1.807) is 41.3 Å². The Kier molecular flexibility index (Phi) is 6.61. The first-order valence-corrected chi connectivity index (χ1v) is 13.6. The normalized spacial score (nSPS) is 23.1. The van der Waals surface area contributed by atoms with Crippen molar-refractivity contribution in [3.63, 3.8) is 0 Å². The molecule has 0 radical (unpaired) electrons. The molecule has 2 aromatic rings. The molecule has 1 aliphatic carbocycles. The molecule has 2 unspecified atom stereocenters. The van der Waals surface area contributed by atoms with E-state index in [1.165, 1.54) is 12.0 Å². The Morgan fingerprint density at radius 2 is 1.88 bits per heavy atom. The highest BCUT2D eigenvalue weighted by atomic mass is 16.5. The van der Waals surface area contributed by atoms with E-state index in [4.69, 9.17) is 4.74 Å². The first kappa shape index (κ1) is 26.4. The van der Waals surface area contributed by atoms with Crippen LogP contribution in [0.3, 0.4) is 0 Å². The second-order valence-corrected chi connectivity index (χ2v) is 10.7. The topological polar surface area (TPSA) is 137 Å². The number of fused-ring (bicyclic) bond motifs is 1. The molecule has 2 saturated heterocycles. The van der Waals surface area contributed by atoms with Crippen molar-refractivity contribution < 1.29 is 28.7 Å². The third-order valence-corrected chi connectivity index (χ3v) is 7.90. The zero-order valence-corrected chi connectivity index (χ0v) is 22.5. The molecule has 0 bridgehead atoms. The molecule has 3 N–H and O–H groups in total. The van der Waals surface area contributed by atoms with Crippen LogP contribution in [0.2, 0.25) is 0 Å². The molecule has 2 aromatic carbocycles. The van der Waals surface area contributed by atoms with Crippen molar-refractivity contribution >= 4 is 35.3 Å². The minimum absolute atomic E-state index is 0.0899. The van der Waals surface area contributed by atoms with Crippen molar-refractivity contribution in [1.29, 1.82) is 0 Å². The van der Waals surface area contributed by atoms with Gasteiger partial charge in [0.15, 0.2) is 5.54 Å². The number of rotatable bonds is 7. The zero-order valence-electron chi connectivity index (χ0n) is 22.5. The third-order valence-electron chi connectivity index (χ3n) is 7.90. The molecule has 3 aliphatic heterocycles. The number of carbonyl (C=O) groups is 5. The van der Waals surface area contributed by atoms with E-state index in [-0.39, 0.29) is 36.7 Å².